The molecule has 0 radical (unpaired) electrons. The van der Waals surface area contributed by atoms with Gasteiger partial charge in [0.15, 0.2) is 0 Å². The second-order valence-corrected chi connectivity index (χ2v) is 11.1. The highest BCUT2D eigenvalue weighted by molar-refractivity contribution is 5.89. The molecule has 4 aliphatic carbocycles. The molecule has 1 aliphatic heterocycles. The molecule has 0 spiro atoms. The Hall–Kier alpha value is -2.33. The highest BCUT2D eigenvalue weighted by Crippen LogP contribution is 2.42. The molecule has 7 heteroatoms. The quantitative estimate of drug-likeness (QED) is 0.650. The van der Waals surface area contributed by atoms with Gasteiger partial charge in [0.05, 0.1) is 12.2 Å². The van der Waals surface area contributed by atoms with Crippen molar-refractivity contribution in [1.29, 1.82) is 5.26 Å². The van der Waals surface area contributed by atoms with E-state index in [-0.39, 0.29) is 35.8 Å². The maximum Gasteiger partial charge on any atom is 0.226 e. The van der Waals surface area contributed by atoms with Gasteiger partial charge >= 0.3 is 0 Å². The minimum Gasteiger partial charge on any atom is -0.377 e. The average Bonchev–Trinajstić information content (AvgIpc) is 3.79. The SMILES string of the molecule is COC1C=C(N2CCN(C(=O)[C@@H]3CCCC[C@H]3C(=O)NC3(C#N)CC3)[C@H](C)C2)C=CC1C1CC1. The molecule has 34 heavy (non-hydrogen) atoms. The van der Waals surface area contributed by atoms with Crippen molar-refractivity contribution in [1.82, 2.24) is 15.1 Å². The van der Waals surface area contributed by atoms with Crippen LogP contribution in [0.3, 0.4) is 0 Å². The first-order valence-electron chi connectivity index (χ1n) is 13.2. The van der Waals surface area contributed by atoms with E-state index in [2.05, 4.69) is 41.4 Å². The molecule has 4 fully saturated rings. The summed E-state index contributed by atoms with van der Waals surface area (Å²) < 4.78 is 5.80. The first-order valence-corrected chi connectivity index (χ1v) is 13.2. The summed E-state index contributed by atoms with van der Waals surface area (Å²) in [5.74, 6) is 0.670. The average molecular weight is 467 g/mol. The minimum atomic E-state index is -0.680. The van der Waals surface area contributed by atoms with E-state index < -0.39 is 5.54 Å². The lowest BCUT2D eigenvalue weighted by Gasteiger charge is -2.44. The second-order valence-electron chi connectivity index (χ2n) is 11.1. The van der Waals surface area contributed by atoms with Gasteiger partial charge < -0.3 is 19.9 Å². The fraction of sp³-hybridized carbons (Fsp3) is 0.741. The van der Waals surface area contributed by atoms with Crippen LogP contribution in [0.4, 0.5) is 0 Å². The number of nitriles is 1. The molecule has 5 aliphatic rings. The zero-order chi connectivity index (χ0) is 23.9. The summed E-state index contributed by atoms with van der Waals surface area (Å²) in [7, 11) is 1.80. The van der Waals surface area contributed by atoms with E-state index >= 15 is 0 Å². The summed E-state index contributed by atoms with van der Waals surface area (Å²) in [6, 6.07) is 2.32. The number of nitrogens with zero attached hydrogens (tertiary/aromatic N) is 3. The number of rotatable bonds is 6. The molecular weight excluding hydrogens is 428 g/mol. The molecule has 0 aromatic heterocycles. The number of hydrogen-bond acceptors (Lipinski definition) is 5. The van der Waals surface area contributed by atoms with Crippen LogP contribution >= 0.6 is 0 Å². The topological polar surface area (TPSA) is 85.7 Å². The largest absolute Gasteiger partial charge is 0.377 e. The predicted molar refractivity (Wildman–Crippen MR) is 128 cm³/mol. The number of amides is 2. The van der Waals surface area contributed by atoms with Crippen LogP contribution in [-0.2, 0) is 14.3 Å². The summed E-state index contributed by atoms with van der Waals surface area (Å²) in [5, 5.41) is 12.3. The Kier molecular flexibility index (Phi) is 6.45. The van der Waals surface area contributed by atoms with E-state index in [1.54, 1.807) is 7.11 Å². The monoisotopic (exact) mass is 466 g/mol. The van der Waals surface area contributed by atoms with Crippen LogP contribution in [0.15, 0.2) is 23.9 Å². The van der Waals surface area contributed by atoms with Gasteiger partial charge in [-0.2, -0.15) is 5.26 Å². The van der Waals surface area contributed by atoms with Crippen LogP contribution in [0.1, 0.15) is 58.3 Å². The van der Waals surface area contributed by atoms with E-state index in [1.165, 1.54) is 18.5 Å². The molecule has 7 nitrogen and oxygen atoms in total. The van der Waals surface area contributed by atoms with Crippen molar-refractivity contribution in [2.75, 3.05) is 26.7 Å². The summed E-state index contributed by atoms with van der Waals surface area (Å²) in [5.41, 5.74) is 0.518. The lowest BCUT2D eigenvalue weighted by molar-refractivity contribution is -0.147. The molecule has 5 rings (SSSR count). The zero-order valence-corrected chi connectivity index (χ0v) is 20.5. The van der Waals surface area contributed by atoms with E-state index in [0.29, 0.717) is 12.5 Å². The normalized spacial score (nSPS) is 34.7. The van der Waals surface area contributed by atoms with Gasteiger partial charge in [-0.1, -0.05) is 18.9 Å². The van der Waals surface area contributed by atoms with Crippen molar-refractivity contribution < 1.29 is 14.3 Å². The number of allylic oxidation sites excluding steroid dienone is 1. The van der Waals surface area contributed by atoms with Crippen LogP contribution in [-0.4, -0.2) is 66.0 Å². The lowest BCUT2D eigenvalue weighted by Crippen LogP contribution is -2.57. The Labute approximate surface area is 203 Å². The van der Waals surface area contributed by atoms with Gasteiger partial charge in [-0.05, 0) is 63.5 Å². The molecule has 0 bridgehead atoms. The molecule has 5 atom stereocenters. The molecule has 1 heterocycles. The predicted octanol–water partition coefficient (Wildman–Crippen LogP) is 2.99. The Morgan fingerprint density at radius 3 is 2.50 bits per heavy atom. The van der Waals surface area contributed by atoms with Crippen molar-refractivity contribution >= 4 is 11.8 Å². The van der Waals surface area contributed by atoms with Crippen LogP contribution in [0.5, 0.6) is 0 Å². The van der Waals surface area contributed by atoms with Gasteiger partial charge in [0.1, 0.15) is 5.54 Å². The number of carbonyl (C=O) groups excluding carboxylic acids is 2. The van der Waals surface area contributed by atoms with Gasteiger partial charge in [-0.15, -0.1) is 0 Å². The second kappa shape index (κ2) is 9.37. The molecule has 3 saturated carbocycles. The number of carbonyl (C=O) groups is 2. The van der Waals surface area contributed by atoms with Crippen LogP contribution in [0.25, 0.3) is 0 Å². The van der Waals surface area contributed by atoms with Crippen molar-refractivity contribution in [3.8, 4) is 6.07 Å². The summed E-state index contributed by atoms with van der Waals surface area (Å²) >= 11 is 0. The van der Waals surface area contributed by atoms with Crippen LogP contribution in [0.2, 0.25) is 0 Å². The van der Waals surface area contributed by atoms with Crippen LogP contribution < -0.4 is 5.32 Å². The third kappa shape index (κ3) is 4.62. The molecule has 0 aromatic rings. The third-order valence-corrected chi connectivity index (χ3v) is 8.66. The van der Waals surface area contributed by atoms with Gasteiger partial charge in [0.2, 0.25) is 11.8 Å². The van der Waals surface area contributed by atoms with E-state index in [0.717, 1.165) is 57.5 Å². The highest BCUT2D eigenvalue weighted by atomic mass is 16.5. The van der Waals surface area contributed by atoms with E-state index in [4.69, 9.17) is 4.74 Å². The van der Waals surface area contributed by atoms with Crippen molar-refractivity contribution in [2.24, 2.45) is 23.7 Å². The molecule has 2 amide bonds. The minimum absolute atomic E-state index is 0.0808. The Morgan fingerprint density at radius 2 is 1.88 bits per heavy atom. The zero-order valence-electron chi connectivity index (χ0n) is 20.5. The molecule has 1 N–H and O–H groups in total. The third-order valence-electron chi connectivity index (χ3n) is 8.66. The number of hydrogen-bond donors (Lipinski definition) is 1. The van der Waals surface area contributed by atoms with E-state index in [1.807, 2.05) is 4.90 Å². The lowest BCUT2D eigenvalue weighted by atomic mass is 9.77. The van der Waals surface area contributed by atoms with E-state index in [9.17, 15) is 14.9 Å². The summed E-state index contributed by atoms with van der Waals surface area (Å²) in [6.07, 6.45) is 14.4. The number of nitrogens with one attached hydrogen (secondary N) is 1. The van der Waals surface area contributed by atoms with Crippen molar-refractivity contribution in [3.05, 3.63) is 23.9 Å². The molecule has 1 saturated heterocycles. The molecule has 0 aromatic carbocycles. The smallest absolute Gasteiger partial charge is 0.226 e. The fourth-order valence-corrected chi connectivity index (χ4v) is 6.19. The van der Waals surface area contributed by atoms with Gasteiger partial charge in [0, 0.05) is 56.2 Å². The molecule has 184 valence electrons. The van der Waals surface area contributed by atoms with Gasteiger partial charge in [-0.3, -0.25) is 9.59 Å². The highest BCUT2D eigenvalue weighted by Gasteiger charge is 2.48. The number of ether oxygens (including phenoxy) is 1. The maximum atomic E-state index is 13.6. The van der Waals surface area contributed by atoms with Crippen LogP contribution in [0, 0.1) is 35.0 Å². The summed E-state index contributed by atoms with van der Waals surface area (Å²) in [4.78, 5) is 31.0. The first-order chi connectivity index (χ1) is 16.4. The number of piperazine rings is 1. The number of methoxy groups -OCH3 is 1. The standard InChI is InChI=1S/C27H38N4O3/c1-18-16-30(20-9-10-21(19-7-8-19)24(15-20)34-2)13-14-31(18)26(33)23-6-4-3-5-22(23)25(32)29-27(17-28)11-12-27/h9-10,15,18-19,21-24H,3-8,11-14,16H2,1-2H3,(H,29,32)/t18-,21?,22-,23-,24?/m1/s1. The Balaban J connectivity index is 1.22. The maximum absolute atomic E-state index is 13.6. The van der Waals surface area contributed by atoms with Gasteiger partial charge in [0.25, 0.3) is 0 Å². The molecular formula is C27H38N4O3. The first kappa shape index (κ1) is 23.4. The van der Waals surface area contributed by atoms with Gasteiger partial charge in [-0.25, -0.2) is 0 Å². The van der Waals surface area contributed by atoms with Crippen molar-refractivity contribution in [2.45, 2.75) is 76.0 Å². The molecule has 2 unspecified atom stereocenters. The Morgan fingerprint density at radius 1 is 1.15 bits per heavy atom. The Bertz CT molecular complexity index is 913. The fourth-order valence-electron chi connectivity index (χ4n) is 6.19. The summed E-state index contributed by atoms with van der Waals surface area (Å²) in [6.45, 7) is 4.36. The van der Waals surface area contributed by atoms with Crippen molar-refractivity contribution in [3.63, 3.8) is 0 Å².